The van der Waals surface area contributed by atoms with Crippen LogP contribution in [0.3, 0.4) is 0 Å². The van der Waals surface area contributed by atoms with Gasteiger partial charge >= 0.3 is 0 Å². The quantitative estimate of drug-likeness (QED) is 0.494. The van der Waals surface area contributed by atoms with Crippen LogP contribution in [0.15, 0.2) is 0 Å². The molecule has 1 aromatic heterocycles. The lowest BCUT2D eigenvalue weighted by Gasteiger charge is -2.16. The highest BCUT2D eigenvalue weighted by Crippen LogP contribution is 2.31. The van der Waals surface area contributed by atoms with Gasteiger partial charge in [0, 0.05) is 13.1 Å². The van der Waals surface area contributed by atoms with Gasteiger partial charge in [-0.2, -0.15) is 0 Å². The highest BCUT2D eigenvalue weighted by Gasteiger charge is 2.30. The van der Waals surface area contributed by atoms with Gasteiger partial charge in [-0.1, -0.05) is 0 Å². The van der Waals surface area contributed by atoms with Crippen molar-refractivity contribution in [3.8, 4) is 11.4 Å². The zero-order valence-electron chi connectivity index (χ0n) is 9.85. The number of nitrogens with zero attached hydrogens (tertiary/aromatic N) is 3. The Bertz CT molecular complexity index is 668. The van der Waals surface area contributed by atoms with Crippen LogP contribution in [0.4, 0.5) is 22.0 Å². The molecule has 20 heavy (non-hydrogen) atoms. The van der Waals surface area contributed by atoms with Crippen molar-refractivity contribution in [2.24, 2.45) is 0 Å². The van der Waals surface area contributed by atoms with Gasteiger partial charge in [-0.3, -0.25) is 0 Å². The topological polar surface area (TPSA) is 42.7 Å². The monoisotopic (exact) mass is 290 g/mol. The minimum absolute atomic E-state index is 0.275. The van der Waals surface area contributed by atoms with Crippen LogP contribution in [0.25, 0.3) is 11.4 Å². The molecule has 1 aliphatic rings. The Morgan fingerprint density at radius 1 is 0.850 bits per heavy atom. The van der Waals surface area contributed by atoms with Crippen molar-refractivity contribution in [3.05, 3.63) is 34.9 Å². The highest BCUT2D eigenvalue weighted by atomic mass is 19.2. The summed E-state index contributed by atoms with van der Waals surface area (Å²) < 4.78 is 68.2. The summed E-state index contributed by atoms with van der Waals surface area (Å²) in [5.74, 6) is -9.99. The van der Waals surface area contributed by atoms with Crippen LogP contribution in [0.1, 0.15) is 5.82 Å². The first-order chi connectivity index (χ1) is 9.52. The van der Waals surface area contributed by atoms with Crippen molar-refractivity contribution in [2.45, 2.75) is 13.1 Å². The van der Waals surface area contributed by atoms with Gasteiger partial charge in [-0.05, 0) is 0 Å². The number of halogens is 5. The number of benzene rings is 1. The fourth-order valence-corrected chi connectivity index (χ4v) is 2.08. The van der Waals surface area contributed by atoms with E-state index in [1.807, 2.05) is 0 Å². The van der Waals surface area contributed by atoms with Crippen LogP contribution >= 0.6 is 0 Å². The Labute approximate surface area is 109 Å². The summed E-state index contributed by atoms with van der Waals surface area (Å²) in [6, 6.07) is 0. The summed E-state index contributed by atoms with van der Waals surface area (Å²) >= 11 is 0. The fraction of sp³-hybridized carbons (Fsp3) is 0.273. The van der Waals surface area contributed by atoms with Gasteiger partial charge in [-0.25, -0.2) is 22.0 Å². The van der Waals surface area contributed by atoms with Gasteiger partial charge in [0.05, 0.1) is 12.1 Å². The maximum absolute atomic E-state index is 13.7. The van der Waals surface area contributed by atoms with Gasteiger partial charge in [0.1, 0.15) is 5.82 Å². The zero-order valence-corrected chi connectivity index (χ0v) is 9.85. The SMILES string of the molecule is Fc1c(F)c(F)c(-c2nnc3n2CCNC3)c(F)c1F. The van der Waals surface area contributed by atoms with Crippen LogP contribution in [0.5, 0.6) is 0 Å². The molecule has 0 bridgehead atoms. The molecule has 2 aromatic rings. The zero-order chi connectivity index (χ0) is 14.4. The first-order valence-electron chi connectivity index (χ1n) is 5.67. The second-order valence-electron chi connectivity index (χ2n) is 4.21. The lowest BCUT2D eigenvalue weighted by Crippen LogP contribution is -2.28. The largest absolute Gasteiger partial charge is 0.308 e. The van der Waals surface area contributed by atoms with E-state index < -0.39 is 34.6 Å². The van der Waals surface area contributed by atoms with Crippen LogP contribution in [0, 0.1) is 29.1 Å². The number of fused-ring (bicyclic) bond motifs is 1. The molecule has 1 N–H and O–H groups in total. The molecule has 9 heteroatoms. The summed E-state index contributed by atoms with van der Waals surface area (Å²) in [6.07, 6.45) is 0. The molecule has 0 atom stereocenters. The maximum Gasteiger partial charge on any atom is 0.200 e. The van der Waals surface area contributed by atoms with Gasteiger partial charge in [0.2, 0.25) is 5.82 Å². The van der Waals surface area contributed by atoms with Crippen molar-refractivity contribution in [2.75, 3.05) is 6.54 Å². The van der Waals surface area contributed by atoms with Crippen LogP contribution < -0.4 is 5.32 Å². The van der Waals surface area contributed by atoms with Crippen molar-refractivity contribution >= 4 is 0 Å². The molecule has 0 unspecified atom stereocenters. The molecular formula is C11H7F5N4. The number of hydrogen-bond acceptors (Lipinski definition) is 3. The summed E-state index contributed by atoms with van der Waals surface area (Å²) in [6.45, 7) is 1.06. The number of rotatable bonds is 1. The number of hydrogen-bond donors (Lipinski definition) is 1. The van der Waals surface area contributed by atoms with E-state index in [9.17, 15) is 22.0 Å². The van der Waals surface area contributed by atoms with E-state index in [0.717, 1.165) is 0 Å². The first kappa shape index (κ1) is 13.0. The van der Waals surface area contributed by atoms with E-state index in [2.05, 4.69) is 15.5 Å². The summed E-state index contributed by atoms with van der Waals surface area (Å²) in [7, 11) is 0. The molecule has 0 amide bonds. The summed E-state index contributed by atoms with van der Waals surface area (Å²) in [4.78, 5) is 0. The average molecular weight is 290 g/mol. The predicted octanol–water partition coefficient (Wildman–Crippen LogP) is 1.74. The van der Waals surface area contributed by atoms with Gasteiger partial charge in [0.25, 0.3) is 0 Å². The average Bonchev–Trinajstić information content (AvgIpc) is 2.87. The molecule has 1 aromatic carbocycles. The molecule has 106 valence electrons. The lowest BCUT2D eigenvalue weighted by molar-refractivity contribution is 0.380. The van der Waals surface area contributed by atoms with Crippen LogP contribution in [-0.4, -0.2) is 21.3 Å². The Kier molecular flexibility index (Phi) is 2.93. The van der Waals surface area contributed by atoms with E-state index >= 15 is 0 Å². The highest BCUT2D eigenvalue weighted by molar-refractivity contribution is 5.58. The van der Waals surface area contributed by atoms with Crippen molar-refractivity contribution in [1.82, 2.24) is 20.1 Å². The Morgan fingerprint density at radius 3 is 2.10 bits per heavy atom. The molecule has 0 fully saturated rings. The Balaban J connectivity index is 2.28. The Morgan fingerprint density at radius 2 is 1.45 bits per heavy atom. The van der Waals surface area contributed by atoms with Gasteiger partial charge in [-0.15, -0.1) is 10.2 Å². The third-order valence-electron chi connectivity index (χ3n) is 3.06. The third kappa shape index (κ3) is 1.69. The molecule has 0 saturated heterocycles. The smallest absolute Gasteiger partial charge is 0.200 e. The minimum atomic E-state index is -2.19. The second kappa shape index (κ2) is 4.51. The van der Waals surface area contributed by atoms with Crippen molar-refractivity contribution in [3.63, 3.8) is 0 Å². The fourth-order valence-electron chi connectivity index (χ4n) is 2.08. The lowest BCUT2D eigenvalue weighted by atomic mass is 10.1. The Hall–Kier alpha value is -2.03. The van der Waals surface area contributed by atoms with E-state index in [1.54, 1.807) is 0 Å². The first-order valence-corrected chi connectivity index (χ1v) is 5.67. The molecule has 0 aliphatic carbocycles. The molecule has 0 radical (unpaired) electrons. The van der Waals surface area contributed by atoms with E-state index in [4.69, 9.17) is 0 Å². The molecule has 4 nitrogen and oxygen atoms in total. The summed E-state index contributed by atoms with van der Waals surface area (Å²) in [5.41, 5.74) is -1.05. The summed E-state index contributed by atoms with van der Waals surface area (Å²) in [5, 5.41) is 10.2. The maximum atomic E-state index is 13.7. The van der Waals surface area contributed by atoms with Crippen molar-refractivity contribution in [1.29, 1.82) is 0 Å². The third-order valence-corrected chi connectivity index (χ3v) is 3.06. The predicted molar refractivity (Wildman–Crippen MR) is 57.0 cm³/mol. The standard InChI is InChI=1S/C11H7F5N4/c12-6-5(7(13)9(15)10(16)8(6)14)11-19-18-4-3-17-1-2-20(4)11/h17H,1-3H2. The molecule has 1 aliphatic heterocycles. The van der Waals surface area contributed by atoms with Crippen LogP contribution in [-0.2, 0) is 13.1 Å². The minimum Gasteiger partial charge on any atom is -0.308 e. The number of nitrogens with one attached hydrogen (secondary N) is 1. The van der Waals surface area contributed by atoms with Crippen LogP contribution in [0.2, 0.25) is 0 Å². The van der Waals surface area contributed by atoms with Gasteiger partial charge in [0.15, 0.2) is 29.1 Å². The number of aromatic nitrogens is 3. The molecule has 3 rings (SSSR count). The van der Waals surface area contributed by atoms with E-state index in [0.29, 0.717) is 18.9 Å². The molecule has 2 heterocycles. The normalized spacial score (nSPS) is 14.4. The van der Waals surface area contributed by atoms with E-state index in [-0.39, 0.29) is 12.4 Å². The molecule has 0 spiro atoms. The second-order valence-corrected chi connectivity index (χ2v) is 4.21. The molecular weight excluding hydrogens is 283 g/mol. The van der Waals surface area contributed by atoms with E-state index in [1.165, 1.54) is 4.57 Å². The van der Waals surface area contributed by atoms with Crippen molar-refractivity contribution < 1.29 is 22.0 Å². The van der Waals surface area contributed by atoms with Gasteiger partial charge < -0.3 is 9.88 Å². The molecule has 0 saturated carbocycles.